The molecule has 1 heterocycles. The molecule has 4 aromatic rings. The van der Waals surface area contributed by atoms with E-state index in [1.54, 1.807) is 0 Å². The van der Waals surface area contributed by atoms with Gasteiger partial charge in [0.25, 0.3) is 0 Å². The third-order valence-electron chi connectivity index (χ3n) is 5.06. The molecular formula is C24H20N2O3. The van der Waals surface area contributed by atoms with Crippen LogP contribution in [0.3, 0.4) is 0 Å². The molecule has 144 valence electrons. The van der Waals surface area contributed by atoms with Gasteiger partial charge >= 0.3 is 5.97 Å². The maximum Gasteiger partial charge on any atom is 0.331 e. The van der Waals surface area contributed by atoms with E-state index in [9.17, 15) is 9.59 Å². The third kappa shape index (κ3) is 3.43. The highest BCUT2D eigenvalue weighted by Gasteiger charge is 2.15. The van der Waals surface area contributed by atoms with Gasteiger partial charge in [-0.25, -0.2) is 4.79 Å². The van der Waals surface area contributed by atoms with Gasteiger partial charge in [0.15, 0.2) is 5.78 Å². The summed E-state index contributed by atoms with van der Waals surface area (Å²) in [6.45, 7) is 3.25. The Labute approximate surface area is 168 Å². The largest absolute Gasteiger partial charge is 0.344 e. The molecule has 1 aromatic heterocycles. The van der Waals surface area contributed by atoms with Crippen molar-refractivity contribution in [3.63, 3.8) is 0 Å². The molecule has 0 aliphatic rings. The highest BCUT2D eigenvalue weighted by Crippen LogP contribution is 2.30. The zero-order chi connectivity index (χ0) is 20.5. The number of aromatic nitrogens is 1. The van der Waals surface area contributed by atoms with E-state index in [4.69, 9.17) is 0 Å². The van der Waals surface area contributed by atoms with Crippen LogP contribution in [0.4, 0.5) is 0 Å². The van der Waals surface area contributed by atoms with Crippen molar-refractivity contribution in [2.75, 3.05) is 0 Å². The van der Waals surface area contributed by atoms with Crippen LogP contribution < -0.4 is 0 Å². The Morgan fingerprint density at radius 2 is 1.66 bits per heavy atom. The first-order valence-corrected chi connectivity index (χ1v) is 9.29. The van der Waals surface area contributed by atoms with E-state index in [0.717, 1.165) is 32.9 Å². The second-order valence-electron chi connectivity index (χ2n) is 7.03. The average Bonchev–Trinajstić information content (AvgIpc) is 2.99. The Hall–Kier alpha value is -3.73. The quantitative estimate of drug-likeness (QED) is 0.220. The number of aryl methyl sites for hydroxylation is 2. The summed E-state index contributed by atoms with van der Waals surface area (Å²) in [6.07, 6.45) is 1.50. The number of oxime groups is 1. The lowest BCUT2D eigenvalue weighted by molar-refractivity contribution is -0.140. The van der Waals surface area contributed by atoms with E-state index >= 15 is 0 Å². The second kappa shape index (κ2) is 7.36. The summed E-state index contributed by atoms with van der Waals surface area (Å²) in [5.74, 6) is -0.457. The van der Waals surface area contributed by atoms with Gasteiger partial charge in [0.1, 0.15) is 0 Å². The Kier molecular flexibility index (Phi) is 4.72. The van der Waals surface area contributed by atoms with Gasteiger partial charge in [0.05, 0.1) is 6.21 Å². The van der Waals surface area contributed by atoms with Gasteiger partial charge in [-0.15, -0.1) is 0 Å². The molecule has 4 rings (SSSR count). The summed E-state index contributed by atoms with van der Waals surface area (Å²) in [5.41, 5.74) is 5.21. The van der Waals surface area contributed by atoms with Crippen LogP contribution in [0.1, 0.15) is 34.0 Å². The summed E-state index contributed by atoms with van der Waals surface area (Å²) < 4.78 is 2.10. The molecule has 0 fully saturated rings. The molecule has 5 heteroatoms. The van der Waals surface area contributed by atoms with Crippen molar-refractivity contribution in [2.24, 2.45) is 12.2 Å². The Morgan fingerprint density at radius 3 is 2.38 bits per heavy atom. The van der Waals surface area contributed by atoms with Gasteiger partial charge in [0, 0.05) is 46.9 Å². The van der Waals surface area contributed by atoms with E-state index in [0.29, 0.717) is 11.1 Å². The topological polar surface area (TPSA) is 60.7 Å². The molecule has 0 unspecified atom stereocenters. The summed E-state index contributed by atoms with van der Waals surface area (Å²) in [4.78, 5) is 28.6. The summed E-state index contributed by atoms with van der Waals surface area (Å²) in [6, 6.07) is 19.3. The van der Waals surface area contributed by atoms with Crippen LogP contribution in [0.5, 0.6) is 0 Å². The van der Waals surface area contributed by atoms with Crippen LogP contribution in [0.2, 0.25) is 0 Å². The predicted molar refractivity (Wildman–Crippen MR) is 114 cm³/mol. The fourth-order valence-electron chi connectivity index (χ4n) is 3.60. The number of rotatable bonds is 4. The van der Waals surface area contributed by atoms with Crippen molar-refractivity contribution in [1.29, 1.82) is 0 Å². The van der Waals surface area contributed by atoms with Gasteiger partial charge in [0.2, 0.25) is 0 Å². The number of carbonyl (C=O) groups excluding carboxylic acids is 2. The first-order chi connectivity index (χ1) is 14.0. The lowest BCUT2D eigenvalue weighted by Crippen LogP contribution is -2.03. The second-order valence-corrected chi connectivity index (χ2v) is 7.03. The predicted octanol–water partition coefficient (Wildman–Crippen LogP) is 4.77. The normalized spacial score (nSPS) is 11.4. The van der Waals surface area contributed by atoms with Crippen molar-refractivity contribution in [3.05, 3.63) is 82.9 Å². The molecule has 3 aromatic carbocycles. The Balaban J connectivity index is 1.83. The third-order valence-corrected chi connectivity index (χ3v) is 5.06. The van der Waals surface area contributed by atoms with Crippen LogP contribution in [0.15, 0.2) is 65.8 Å². The van der Waals surface area contributed by atoms with Crippen LogP contribution in [0, 0.1) is 6.92 Å². The van der Waals surface area contributed by atoms with E-state index in [1.165, 1.54) is 13.1 Å². The number of fused-ring (bicyclic) bond motifs is 3. The standard InChI is InChI=1S/C24H20N2O3/c1-15-6-4-5-7-19(15)24(28)18-9-11-23-21(13-18)20-12-17(14-25-29-16(2)27)8-10-22(20)26(23)3/h4-14H,1-3H3/b25-14+. The molecule has 0 saturated heterocycles. The van der Waals surface area contributed by atoms with Gasteiger partial charge in [-0.05, 0) is 48.4 Å². The molecular weight excluding hydrogens is 364 g/mol. The number of hydrogen-bond acceptors (Lipinski definition) is 4. The molecule has 0 N–H and O–H groups in total. The lowest BCUT2D eigenvalue weighted by Gasteiger charge is -2.05. The SMILES string of the molecule is CC(=O)O/N=C/c1ccc2c(c1)c1cc(C(=O)c3ccccc3C)ccc1n2C. The number of ketones is 1. The number of nitrogens with zero attached hydrogens (tertiary/aromatic N) is 2. The summed E-state index contributed by atoms with van der Waals surface area (Å²) >= 11 is 0. The average molecular weight is 384 g/mol. The minimum absolute atomic E-state index is 0.00887. The monoisotopic (exact) mass is 384 g/mol. The van der Waals surface area contributed by atoms with E-state index < -0.39 is 5.97 Å². The maximum atomic E-state index is 13.0. The molecule has 0 spiro atoms. The molecule has 0 saturated carbocycles. The van der Waals surface area contributed by atoms with Crippen molar-refractivity contribution in [2.45, 2.75) is 13.8 Å². The van der Waals surface area contributed by atoms with E-state index in [-0.39, 0.29) is 5.78 Å². The Morgan fingerprint density at radius 1 is 0.966 bits per heavy atom. The molecule has 0 radical (unpaired) electrons. The minimum Gasteiger partial charge on any atom is -0.344 e. The first-order valence-electron chi connectivity index (χ1n) is 9.29. The van der Waals surface area contributed by atoms with Crippen molar-refractivity contribution in [1.82, 2.24) is 4.57 Å². The molecule has 0 aliphatic carbocycles. The van der Waals surface area contributed by atoms with Gasteiger partial charge in [-0.2, -0.15) is 0 Å². The van der Waals surface area contributed by atoms with Crippen LogP contribution in [-0.4, -0.2) is 22.5 Å². The first kappa shape index (κ1) is 18.6. The van der Waals surface area contributed by atoms with Gasteiger partial charge < -0.3 is 9.40 Å². The van der Waals surface area contributed by atoms with Crippen molar-refractivity contribution >= 4 is 39.8 Å². The Bertz CT molecular complexity index is 1300. The van der Waals surface area contributed by atoms with Crippen molar-refractivity contribution < 1.29 is 14.4 Å². The minimum atomic E-state index is -0.466. The van der Waals surface area contributed by atoms with E-state index in [2.05, 4.69) is 14.6 Å². The van der Waals surface area contributed by atoms with Crippen LogP contribution >= 0.6 is 0 Å². The van der Waals surface area contributed by atoms with Gasteiger partial charge in [-0.3, -0.25) is 4.79 Å². The number of hydrogen-bond donors (Lipinski definition) is 0. The highest BCUT2D eigenvalue weighted by atomic mass is 16.7. The van der Waals surface area contributed by atoms with E-state index in [1.807, 2.05) is 74.6 Å². The molecule has 0 bridgehead atoms. The van der Waals surface area contributed by atoms with Crippen LogP contribution in [0.25, 0.3) is 21.8 Å². The van der Waals surface area contributed by atoms with Crippen LogP contribution in [-0.2, 0) is 16.7 Å². The number of carbonyl (C=O) groups is 2. The molecule has 0 aliphatic heterocycles. The van der Waals surface area contributed by atoms with Crippen molar-refractivity contribution in [3.8, 4) is 0 Å². The zero-order valence-corrected chi connectivity index (χ0v) is 16.5. The summed E-state index contributed by atoms with van der Waals surface area (Å²) in [5, 5.41) is 5.69. The zero-order valence-electron chi connectivity index (χ0n) is 16.5. The molecule has 0 atom stereocenters. The molecule has 29 heavy (non-hydrogen) atoms. The lowest BCUT2D eigenvalue weighted by atomic mass is 9.98. The smallest absolute Gasteiger partial charge is 0.331 e. The molecule has 5 nitrogen and oxygen atoms in total. The fraction of sp³-hybridized carbons (Fsp3) is 0.125. The van der Waals surface area contributed by atoms with Gasteiger partial charge in [-0.1, -0.05) is 35.5 Å². The fourth-order valence-corrected chi connectivity index (χ4v) is 3.60. The molecule has 0 amide bonds. The highest BCUT2D eigenvalue weighted by molar-refractivity contribution is 6.15. The number of benzene rings is 3. The maximum absolute atomic E-state index is 13.0. The summed E-state index contributed by atoms with van der Waals surface area (Å²) in [7, 11) is 2.00.